The van der Waals surface area contributed by atoms with Crippen LogP contribution < -0.4 is 19.7 Å². The van der Waals surface area contributed by atoms with Gasteiger partial charge >= 0.3 is 0 Å². The molecule has 0 fully saturated rings. The van der Waals surface area contributed by atoms with Crippen molar-refractivity contribution < 1.29 is 19.1 Å². The van der Waals surface area contributed by atoms with Crippen LogP contribution in [0.15, 0.2) is 36.4 Å². The molecule has 2 rings (SSSR count). The number of nitrogens with zero attached hydrogens (tertiary/aromatic N) is 1. The second-order valence-corrected chi connectivity index (χ2v) is 7.69. The van der Waals surface area contributed by atoms with Crippen LogP contribution in [0.5, 0.6) is 11.5 Å². The molecule has 0 saturated carbocycles. The van der Waals surface area contributed by atoms with Gasteiger partial charge in [-0.3, -0.25) is 14.5 Å². The van der Waals surface area contributed by atoms with Gasteiger partial charge in [0.15, 0.2) is 11.5 Å². The van der Waals surface area contributed by atoms with Gasteiger partial charge in [-0.1, -0.05) is 37.4 Å². The quantitative estimate of drug-likeness (QED) is 0.592. The molecule has 0 aromatic heterocycles. The first-order chi connectivity index (χ1) is 14.8. The molecule has 0 aliphatic heterocycles. The van der Waals surface area contributed by atoms with E-state index in [1.54, 1.807) is 30.3 Å². The van der Waals surface area contributed by atoms with Crippen LogP contribution in [-0.4, -0.2) is 39.1 Å². The number of carbonyl (C=O) groups is 2. The molecule has 0 radical (unpaired) electrons. The van der Waals surface area contributed by atoms with Gasteiger partial charge in [-0.05, 0) is 42.7 Å². The van der Waals surface area contributed by atoms with Crippen LogP contribution in [0.4, 0.5) is 5.69 Å². The van der Waals surface area contributed by atoms with Crippen molar-refractivity contribution in [3.63, 3.8) is 0 Å². The first-order valence-corrected chi connectivity index (χ1v) is 10.3. The molecule has 0 unspecified atom stereocenters. The largest absolute Gasteiger partial charge is 0.493 e. The van der Waals surface area contributed by atoms with Gasteiger partial charge in [-0.25, -0.2) is 0 Å². The third-order valence-corrected chi connectivity index (χ3v) is 4.85. The lowest BCUT2D eigenvalue weighted by atomic mass is 10.1. The van der Waals surface area contributed by atoms with Crippen molar-refractivity contribution in [2.45, 2.75) is 20.3 Å². The van der Waals surface area contributed by atoms with E-state index in [0.29, 0.717) is 35.3 Å². The zero-order valence-corrected chi connectivity index (χ0v) is 19.0. The van der Waals surface area contributed by atoms with Crippen molar-refractivity contribution in [1.29, 1.82) is 0 Å². The minimum Gasteiger partial charge on any atom is -0.493 e. The maximum Gasteiger partial charge on any atom is 0.258 e. The van der Waals surface area contributed by atoms with Gasteiger partial charge in [0.05, 0.1) is 18.7 Å². The van der Waals surface area contributed by atoms with Gasteiger partial charge < -0.3 is 14.8 Å². The van der Waals surface area contributed by atoms with E-state index in [0.717, 1.165) is 6.42 Å². The lowest BCUT2D eigenvalue weighted by Crippen LogP contribution is -2.39. The van der Waals surface area contributed by atoms with Crippen molar-refractivity contribution in [2.75, 3.05) is 32.2 Å². The Morgan fingerprint density at radius 1 is 1.26 bits per heavy atom. The second-order valence-electron chi connectivity index (χ2n) is 7.28. The SMILES string of the molecule is C#Cc1cccc(N(CC(=O)NC)C(=O)c2cc(Cl)c(OCCC(C)C)c(OC)c2)c1. The number of anilines is 1. The number of amides is 2. The van der Waals surface area contributed by atoms with Crippen LogP contribution in [0.2, 0.25) is 5.02 Å². The normalized spacial score (nSPS) is 10.4. The summed E-state index contributed by atoms with van der Waals surface area (Å²) in [5.74, 6) is 2.98. The van der Waals surface area contributed by atoms with Crippen LogP contribution in [0, 0.1) is 18.3 Å². The molecule has 0 spiro atoms. The smallest absolute Gasteiger partial charge is 0.258 e. The van der Waals surface area contributed by atoms with Gasteiger partial charge in [0, 0.05) is 23.9 Å². The van der Waals surface area contributed by atoms with E-state index in [4.69, 9.17) is 27.5 Å². The number of benzene rings is 2. The number of halogens is 1. The van der Waals surface area contributed by atoms with E-state index < -0.39 is 5.91 Å². The highest BCUT2D eigenvalue weighted by Crippen LogP contribution is 2.37. The molecule has 2 aromatic rings. The van der Waals surface area contributed by atoms with E-state index in [9.17, 15) is 9.59 Å². The Balaban J connectivity index is 2.42. The summed E-state index contributed by atoms with van der Waals surface area (Å²) in [6.45, 7) is 4.49. The fourth-order valence-electron chi connectivity index (χ4n) is 2.80. The van der Waals surface area contributed by atoms with E-state index in [1.807, 2.05) is 0 Å². The standard InChI is InChI=1S/C24H27ClN2O4/c1-6-17-8-7-9-19(12-17)27(15-22(28)26-4)24(29)18-13-20(25)23(21(14-18)30-5)31-11-10-16(2)3/h1,7-9,12-14,16H,10-11,15H2,2-5H3,(H,26,28). The molecule has 1 N–H and O–H groups in total. The Bertz CT molecular complexity index is 982. The summed E-state index contributed by atoms with van der Waals surface area (Å²) in [6, 6.07) is 9.93. The Labute approximate surface area is 188 Å². The number of terminal acetylenes is 1. The highest BCUT2D eigenvalue weighted by molar-refractivity contribution is 6.33. The Morgan fingerprint density at radius 3 is 2.61 bits per heavy atom. The average Bonchev–Trinajstić information content (AvgIpc) is 2.77. The molecule has 0 aliphatic carbocycles. The van der Waals surface area contributed by atoms with E-state index in [-0.39, 0.29) is 23.0 Å². The number of ether oxygens (including phenoxy) is 2. The van der Waals surface area contributed by atoms with Crippen molar-refractivity contribution in [2.24, 2.45) is 5.92 Å². The van der Waals surface area contributed by atoms with E-state index in [2.05, 4.69) is 25.1 Å². The highest BCUT2D eigenvalue weighted by Gasteiger charge is 2.23. The summed E-state index contributed by atoms with van der Waals surface area (Å²) in [6.07, 6.45) is 6.34. The van der Waals surface area contributed by atoms with Gasteiger partial charge in [0.1, 0.15) is 6.54 Å². The molecule has 0 bridgehead atoms. The third kappa shape index (κ3) is 6.40. The minimum atomic E-state index is -0.424. The van der Waals surface area contributed by atoms with Gasteiger partial charge in [0.2, 0.25) is 5.91 Å². The molecule has 0 atom stereocenters. The fraction of sp³-hybridized carbons (Fsp3) is 0.333. The molecule has 0 saturated heterocycles. The highest BCUT2D eigenvalue weighted by atomic mass is 35.5. The van der Waals surface area contributed by atoms with Crippen molar-refractivity contribution in [3.8, 4) is 23.8 Å². The van der Waals surface area contributed by atoms with E-state index in [1.165, 1.54) is 25.1 Å². The molecule has 31 heavy (non-hydrogen) atoms. The third-order valence-electron chi connectivity index (χ3n) is 4.57. The van der Waals surface area contributed by atoms with Crippen molar-refractivity contribution in [1.82, 2.24) is 5.32 Å². The maximum atomic E-state index is 13.4. The molecule has 2 aromatic carbocycles. The summed E-state index contributed by atoms with van der Waals surface area (Å²) < 4.78 is 11.2. The summed E-state index contributed by atoms with van der Waals surface area (Å²) in [5.41, 5.74) is 1.35. The van der Waals surface area contributed by atoms with Crippen LogP contribution in [-0.2, 0) is 4.79 Å². The zero-order chi connectivity index (χ0) is 23.0. The number of carbonyl (C=O) groups excluding carboxylic acids is 2. The summed E-state index contributed by atoms with van der Waals surface area (Å²) in [5, 5.41) is 2.78. The van der Waals surface area contributed by atoms with Crippen LogP contribution >= 0.6 is 11.6 Å². The molecule has 7 heteroatoms. The first-order valence-electron chi connectivity index (χ1n) is 9.90. The zero-order valence-electron chi connectivity index (χ0n) is 18.2. The average molecular weight is 443 g/mol. The van der Waals surface area contributed by atoms with Crippen LogP contribution in [0.3, 0.4) is 0 Å². The lowest BCUT2D eigenvalue weighted by Gasteiger charge is -2.23. The number of likely N-dealkylation sites (N-methyl/N-ethyl adjacent to an activating group) is 1. The van der Waals surface area contributed by atoms with Crippen LogP contribution in [0.25, 0.3) is 0 Å². The topological polar surface area (TPSA) is 67.9 Å². The molecule has 2 amide bonds. The van der Waals surface area contributed by atoms with Crippen molar-refractivity contribution >= 4 is 29.1 Å². The van der Waals surface area contributed by atoms with Gasteiger partial charge in [-0.15, -0.1) is 6.42 Å². The number of hydrogen-bond donors (Lipinski definition) is 1. The summed E-state index contributed by atoms with van der Waals surface area (Å²) in [7, 11) is 2.99. The molecule has 0 heterocycles. The number of rotatable bonds is 9. The van der Waals surface area contributed by atoms with Gasteiger partial charge in [0.25, 0.3) is 5.91 Å². The molecule has 6 nitrogen and oxygen atoms in total. The molecule has 164 valence electrons. The Morgan fingerprint density at radius 2 is 2.00 bits per heavy atom. The Hall–Kier alpha value is -3.17. The molecular weight excluding hydrogens is 416 g/mol. The Kier molecular flexibility index (Phi) is 8.77. The van der Waals surface area contributed by atoms with Crippen LogP contribution in [0.1, 0.15) is 36.2 Å². The second kappa shape index (κ2) is 11.3. The molecule has 0 aliphatic rings. The summed E-state index contributed by atoms with van der Waals surface area (Å²) >= 11 is 6.42. The predicted molar refractivity (Wildman–Crippen MR) is 123 cm³/mol. The lowest BCUT2D eigenvalue weighted by molar-refractivity contribution is -0.119. The number of nitrogens with one attached hydrogen (secondary N) is 1. The maximum absolute atomic E-state index is 13.4. The van der Waals surface area contributed by atoms with Gasteiger partial charge in [-0.2, -0.15) is 0 Å². The predicted octanol–water partition coefficient (Wildman–Crippen LogP) is 4.15. The fourth-order valence-corrected chi connectivity index (χ4v) is 3.07. The summed E-state index contributed by atoms with van der Waals surface area (Å²) in [4.78, 5) is 26.8. The number of hydrogen-bond acceptors (Lipinski definition) is 4. The molecular formula is C24H27ClN2O4. The first kappa shape index (κ1) is 24.1. The monoisotopic (exact) mass is 442 g/mol. The van der Waals surface area contributed by atoms with E-state index >= 15 is 0 Å². The minimum absolute atomic E-state index is 0.185. The number of methoxy groups -OCH3 is 1. The van der Waals surface area contributed by atoms with Crippen molar-refractivity contribution in [3.05, 3.63) is 52.5 Å².